The smallest absolute Gasteiger partial charge is 0.0951 e. The molecule has 2 saturated heterocycles. The predicted octanol–water partition coefficient (Wildman–Crippen LogP) is 0.920. The van der Waals surface area contributed by atoms with Crippen LogP contribution in [0.4, 0.5) is 0 Å². The second-order valence-corrected chi connectivity index (χ2v) is 4.51. The van der Waals surface area contributed by atoms with Gasteiger partial charge in [-0.2, -0.15) is 0 Å². The normalized spacial score (nSPS) is 31.8. The van der Waals surface area contributed by atoms with Crippen LogP contribution in [0.5, 0.6) is 0 Å². The van der Waals surface area contributed by atoms with Crippen LogP contribution < -0.4 is 5.32 Å². The lowest BCUT2D eigenvalue weighted by Crippen LogP contribution is -2.41. The molecule has 3 heterocycles. The Morgan fingerprint density at radius 3 is 3.00 bits per heavy atom. The lowest BCUT2D eigenvalue weighted by atomic mass is 9.99. The molecule has 2 atom stereocenters. The zero-order valence-electron chi connectivity index (χ0n) is 9.02. The number of aromatic nitrogens is 2. The lowest BCUT2D eigenvalue weighted by molar-refractivity contribution is 0.106. The molecule has 0 amide bonds. The van der Waals surface area contributed by atoms with Gasteiger partial charge in [0.05, 0.1) is 18.5 Å². The van der Waals surface area contributed by atoms with Crippen molar-refractivity contribution in [3.05, 3.63) is 18.2 Å². The Hall–Kier alpha value is -0.870. The number of imidazole rings is 1. The second-order valence-electron chi connectivity index (χ2n) is 4.51. The highest BCUT2D eigenvalue weighted by atomic mass is 16.5. The van der Waals surface area contributed by atoms with Gasteiger partial charge in [-0.05, 0) is 13.3 Å². The largest absolute Gasteiger partial charge is 0.376 e. The fraction of sp³-hybridized carbons (Fsp3) is 0.727. The van der Waals surface area contributed by atoms with Crippen molar-refractivity contribution in [1.82, 2.24) is 14.9 Å². The number of nitrogens with zero attached hydrogens (tertiary/aromatic N) is 2. The van der Waals surface area contributed by atoms with E-state index in [2.05, 4.69) is 21.8 Å². The van der Waals surface area contributed by atoms with Gasteiger partial charge in [0.15, 0.2) is 0 Å². The van der Waals surface area contributed by atoms with Crippen molar-refractivity contribution in [2.24, 2.45) is 0 Å². The van der Waals surface area contributed by atoms with Gasteiger partial charge in [-0.15, -0.1) is 0 Å². The number of ether oxygens (including phenoxy) is 1. The molecule has 0 aromatic carbocycles. The van der Waals surface area contributed by atoms with E-state index in [4.69, 9.17) is 4.74 Å². The number of nitrogens with one attached hydrogen (secondary N) is 1. The molecule has 2 unspecified atom stereocenters. The van der Waals surface area contributed by atoms with Crippen molar-refractivity contribution in [3.63, 3.8) is 0 Å². The minimum absolute atomic E-state index is 0.325. The molecule has 1 aromatic heterocycles. The molecule has 0 spiro atoms. The number of hydrogen-bond acceptors (Lipinski definition) is 3. The third-order valence-electron chi connectivity index (χ3n) is 3.59. The van der Waals surface area contributed by atoms with Gasteiger partial charge in [-0.1, -0.05) is 0 Å². The number of rotatable bonds is 2. The molecular formula is C11H17N3O. The fourth-order valence-electron chi connectivity index (χ4n) is 2.49. The molecule has 4 heteroatoms. The van der Waals surface area contributed by atoms with Crippen molar-refractivity contribution >= 4 is 0 Å². The molecule has 1 aromatic rings. The average molecular weight is 207 g/mol. The van der Waals surface area contributed by atoms with Crippen LogP contribution in [0.3, 0.4) is 0 Å². The van der Waals surface area contributed by atoms with Gasteiger partial charge in [-0.25, -0.2) is 4.98 Å². The zero-order valence-corrected chi connectivity index (χ0v) is 9.02. The van der Waals surface area contributed by atoms with Crippen LogP contribution in [0.25, 0.3) is 0 Å². The molecule has 82 valence electrons. The third-order valence-corrected chi connectivity index (χ3v) is 3.59. The molecule has 4 nitrogen and oxygen atoms in total. The summed E-state index contributed by atoms with van der Waals surface area (Å²) in [5.74, 6) is 0.653. The first-order valence-corrected chi connectivity index (χ1v) is 5.70. The first-order valence-electron chi connectivity index (χ1n) is 5.70. The van der Waals surface area contributed by atoms with E-state index in [0.717, 1.165) is 26.1 Å². The quantitative estimate of drug-likeness (QED) is 0.783. The van der Waals surface area contributed by atoms with Crippen LogP contribution in [0.2, 0.25) is 0 Å². The van der Waals surface area contributed by atoms with Crippen molar-refractivity contribution < 1.29 is 4.74 Å². The van der Waals surface area contributed by atoms with E-state index in [1.807, 2.05) is 12.5 Å². The highest BCUT2D eigenvalue weighted by molar-refractivity contribution is 5.13. The van der Waals surface area contributed by atoms with Crippen LogP contribution in [0, 0.1) is 0 Å². The summed E-state index contributed by atoms with van der Waals surface area (Å²) in [6.45, 7) is 5.22. The maximum absolute atomic E-state index is 5.61. The van der Waals surface area contributed by atoms with Gasteiger partial charge >= 0.3 is 0 Å². The van der Waals surface area contributed by atoms with E-state index in [-0.39, 0.29) is 0 Å². The van der Waals surface area contributed by atoms with E-state index >= 15 is 0 Å². The molecular weight excluding hydrogens is 190 g/mol. The Morgan fingerprint density at radius 2 is 2.40 bits per heavy atom. The van der Waals surface area contributed by atoms with Crippen LogP contribution in [-0.2, 0) is 4.74 Å². The maximum Gasteiger partial charge on any atom is 0.0951 e. The topological polar surface area (TPSA) is 39.1 Å². The minimum atomic E-state index is 0.325. The summed E-state index contributed by atoms with van der Waals surface area (Å²) >= 11 is 0. The first kappa shape index (κ1) is 9.36. The Bertz CT molecular complexity index is 345. The predicted molar refractivity (Wildman–Crippen MR) is 56.9 cm³/mol. The van der Waals surface area contributed by atoms with Crippen LogP contribution >= 0.6 is 0 Å². The molecule has 0 bridgehead atoms. The zero-order chi connectivity index (χ0) is 10.3. The standard InChI is InChI=1S/C11H17N3O/c1-8-10(2-3-15-8)14-7-13-6-11(14)9-4-12-5-9/h6-10,12H,2-5H2,1H3. The highest BCUT2D eigenvalue weighted by Crippen LogP contribution is 2.30. The summed E-state index contributed by atoms with van der Waals surface area (Å²) in [4.78, 5) is 4.28. The molecule has 2 aliphatic heterocycles. The van der Waals surface area contributed by atoms with Crippen LogP contribution in [0.1, 0.15) is 31.0 Å². The van der Waals surface area contributed by atoms with Gasteiger partial charge < -0.3 is 14.6 Å². The monoisotopic (exact) mass is 207 g/mol. The molecule has 1 N–H and O–H groups in total. The van der Waals surface area contributed by atoms with Gasteiger partial charge in [0.2, 0.25) is 0 Å². The number of hydrogen-bond donors (Lipinski definition) is 1. The highest BCUT2D eigenvalue weighted by Gasteiger charge is 2.30. The summed E-state index contributed by atoms with van der Waals surface area (Å²) in [7, 11) is 0. The van der Waals surface area contributed by atoms with E-state index in [9.17, 15) is 0 Å². The van der Waals surface area contributed by atoms with Gasteiger partial charge in [0.25, 0.3) is 0 Å². The molecule has 15 heavy (non-hydrogen) atoms. The SMILES string of the molecule is CC1OCCC1n1cncc1C1CNC1. The first-order chi connectivity index (χ1) is 7.36. The minimum Gasteiger partial charge on any atom is -0.376 e. The molecule has 2 fully saturated rings. The van der Waals surface area contributed by atoms with Gasteiger partial charge in [0.1, 0.15) is 0 Å². The average Bonchev–Trinajstić information content (AvgIpc) is 2.71. The van der Waals surface area contributed by atoms with Crippen molar-refractivity contribution in [2.45, 2.75) is 31.4 Å². The van der Waals surface area contributed by atoms with Crippen LogP contribution in [-0.4, -0.2) is 35.4 Å². The van der Waals surface area contributed by atoms with E-state index in [1.54, 1.807) is 0 Å². The summed E-state index contributed by atoms with van der Waals surface area (Å²) in [5, 5.41) is 3.31. The Kier molecular flexibility index (Phi) is 2.25. The summed E-state index contributed by atoms with van der Waals surface area (Å²) in [5.41, 5.74) is 1.37. The van der Waals surface area contributed by atoms with Crippen molar-refractivity contribution in [2.75, 3.05) is 19.7 Å². The molecule has 0 radical (unpaired) electrons. The van der Waals surface area contributed by atoms with Crippen molar-refractivity contribution in [3.8, 4) is 0 Å². The molecule has 2 aliphatic rings. The summed E-state index contributed by atoms with van der Waals surface area (Å²) in [6, 6.07) is 0.489. The van der Waals surface area contributed by atoms with E-state index in [0.29, 0.717) is 18.1 Å². The summed E-state index contributed by atoms with van der Waals surface area (Å²) in [6.07, 6.45) is 5.41. The van der Waals surface area contributed by atoms with Crippen molar-refractivity contribution in [1.29, 1.82) is 0 Å². The van der Waals surface area contributed by atoms with E-state index < -0.39 is 0 Å². The summed E-state index contributed by atoms with van der Waals surface area (Å²) < 4.78 is 7.93. The van der Waals surface area contributed by atoms with Gasteiger partial charge in [0, 0.05) is 37.5 Å². The Labute approximate surface area is 89.6 Å². The van der Waals surface area contributed by atoms with E-state index in [1.165, 1.54) is 5.69 Å². The third kappa shape index (κ3) is 1.48. The second kappa shape index (κ2) is 3.61. The van der Waals surface area contributed by atoms with Gasteiger partial charge in [-0.3, -0.25) is 0 Å². The lowest BCUT2D eigenvalue weighted by Gasteiger charge is -2.30. The Balaban J connectivity index is 1.87. The molecule has 0 aliphatic carbocycles. The Morgan fingerprint density at radius 1 is 1.53 bits per heavy atom. The fourth-order valence-corrected chi connectivity index (χ4v) is 2.49. The van der Waals surface area contributed by atoms with Crippen LogP contribution in [0.15, 0.2) is 12.5 Å². The molecule has 0 saturated carbocycles. The maximum atomic E-state index is 5.61. The molecule has 3 rings (SSSR count).